The number of benzene rings is 1. The maximum Gasteiger partial charge on any atom is 0.234 e. The van der Waals surface area contributed by atoms with Crippen molar-refractivity contribution < 1.29 is 4.79 Å². The second-order valence-electron chi connectivity index (χ2n) is 4.78. The molecule has 4 heteroatoms. The molecule has 0 heterocycles. The van der Waals surface area contributed by atoms with Crippen molar-refractivity contribution in [1.82, 2.24) is 5.32 Å². The van der Waals surface area contributed by atoms with Gasteiger partial charge in [0.2, 0.25) is 5.91 Å². The Morgan fingerprint density at radius 3 is 2.24 bits per heavy atom. The maximum absolute atomic E-state index is 12.3. The minimum Gasteiger partial charge on any atom is -0.353 e. The van der Waals surface area contributed by atoms with Crippen molar-refractivity contribution >= 4 is 29.1 Å². The molecular formula is C13H15Cl2NO. The minimum absolute atomic E-state index is 0.0767. The number of halogens is 2. The molecule has 17 heavy (non-hydrogen) atoms. The van der Waals surface area contributed by atoms with E-state index in [1.807, 2.05) is 44.2 Å². The van der Waals surface area contributed by atoms with Gasteiger partial charge in [-0.15, -0.1) is 23.2 Å². The van der Waals surface area contributed by atoms with Crippen molar-refractivity contribution in [3.63, 3.8) is 0 Å². The lowest BCUT2D eigenvalue weighted by molar-refractivity contribution is -0.124. The van der Waals surface area contributed by atoms with Crippen molar-refractivity contribution in [1.29, 1.82) is 0 Å². The molecule has 1 amide bonds. The SMILES string of the molecule is CC(C)NC(=O)[C@@]1(c2ccccc2)CC1(Cl)Cl. The second-order valence-corrected chi connectivity index (χ2v) is 6.26. The van der Waals surface area contributed by atoms with Crippen LogP contribution in [0, 0.1) is 0 Å². The largest absolute Gasteiger partial charge is 0.353 e. The molecule has 1 aliphatic rings. The van der Waals surface area contributed by atoms with Gasteiger partial charge in [-0.3, -0.25) is 4.79 Å². The molecule has 0 aliphatic heterocycles. The standard InChI is InChI=1S/C13H15Cl2NO/c1-9(2)16-11(17)12(8-13(12,14)15)10-6-4-3-5-7-10/h3-7,9H,8H2,1-2H3,(H,16,17)/t12-/m0/s1. The number of amides is 1. The fraction of sp³-hybridized carbons (Fsp3) is 0.462. The van der Waals surface area contributed by atoms with E-state index in [-0.39, 0.29) is 11.9 Å². The minimum atomic E-state index is -0.993. The highest BCUT2D eigenvalue weighted by atomic mass is 35.5. The van der Waals surface area contributed by atoms with E-state index >= 15 is 0 Å². The van der Waals surface area contributed by atoms with Gasteiger partial charge in [0, 0.05) is 12.5 Å². The third kappa shape index (κ3) is 2.04. The van der Waals surface area contributed by atoms with E-state index in [4.69, 9.17) is 23.2 Å². The Kier molecular flexibility index (Phi) is 3.13. The molecule has 2 nitrogen and oxygen atoms in total. The van der Waals surface area contributed by atoms with Crippen LogP contribution in [0.3, 0.4) is 0 Å². The van der Waals surface area contributed by atoms with Crippen molar-refractivity contribution in [3.05, 3.63) is 35.9 Å². The molecule has 92 valence electrons. The monoisotopic (exact) mass is 271 g/mol. The Balaban J connectivity index is 2.34. The molecule has 1 atom stereocenters. The average molecular weight is 272 g/mol. The molecule has 0 bridgehead atoms. The van der Waals surface area contributed by atoms with Crippen molar-refractivity contribution in [2.75, 3.05) is 0 Å². The van der Waals surface area contributed by atoms with Crippen LogP contribution in [0.2, 0.25) is 0 Å². The van der Waals surface area contributed by atoms with Crippen LogP contribution in [0.25, 0.3) is 0 Å². The summed E-state index contributed by atoms with van der Waals surface area (Å²) >= 11 is 12.4. The van der Waals surface area contributed by atoms with Crippen LogP contribution in [0.1, 0.15) is 25.8 Å². The van der Waals surface area contributed by atoms with Crippen molar-refractivity contribution in [2.45, 2.75) is 36.1 Å². The predicted octanol–water partition coefficient (Wildman–Crippen LogP) is 3.03. The zero-order chi connectivity index (χ0) is 12.7. The van der Waals surface area contributed by atoms with Crippen molar-refractivity contribution in [3.8, 4) is 0 Å². The van der Waals surface area contributed by atoms with Crippen LogP contribution in [0.15, 0.2) is 30.3 Å². The van der Waals surface area contributed by atoms with Crippen LogP contribution >= 0.6 is 23.2 Å². The second kappa shape index (κ2) is 4.18. The molecule has 0 unspecified atom stereocenters. The van der Waals surface area contributed by atoms with E-state index in [9.17, 15) is 4.79 Å². The smallest absolute Gasteiger partial charge is 0.234 e. The number of alkyl halides is 2. The topological polar surface area (TPSA) is 29.1 Å². The number of carbonyl (C=O) groups excluding carboxylic acids is 1. The van der Waals surface area contributed by atoms with Gasteiger partial charge in [-0.05, 0) is 19.4 Å². The average Bonchev–Trinajstić information content (AvgIpc) is 2.84. The third-order valence-electron chi connectivity index (χ3n) is 3.06. The summed E-state index contributed by atoms with van der Waals surface area (Å²) in [5.41, 5.74) is 0.0879. The summed E-state index contributed by atoms with van der Waals surface area (Å²) in [5, 5.41) is 2.89. The molecule has 1 aromatic carbocycles. The molecule has 0 spiro atoms. The third-order valence-corrected chi connectivity index (χ3v) is 3.97. The van der Waals surface area contributed by atoms with Crippen LogP contribution in [-0.2, 0) is 10.2 Å². The first-order valence-electron chi connectivity index (χ1n) is 5.64. The molecular weight excluding hydrogens is 257 g/mol. The van der Waals surface area contributed by atoms with Gasteiger partial charge in [0.25, 0.3) is 0 Å². The number of rotatable bonds is 3. The van der Waals surface area contributed by atoms with E-state index in [1.54, 1.807) is 0 Å². The van der Waals surface area contributed by atoms with E-state index in [0.717, 1.165) is 5.56 Å². The quantitative estimate of drug-likeness (QED) is 0.842. The molecule has 0 aromatic heterocycles. The van der Waals surface area contributed by atoms with Crippen molar-refractivity contribution in [2.24, 2.45) is 0 Å². The molecule has 2 rings (SSSR count). The lowest BCUT2D eigenvalue weighted by Gasteiger charge is -2.20. The lowest BCUT2D eigenvalue weighted by Crippen LogP contribution is -2.41. The summed E-state index contributed by atoms with van der Waals surface area (Å²) in [6.07, 6.45) is 0.464. The summed E-state index contributed by atoms with van der Waals surface area (Å²) in [4.78, 5) is 12.3. The molecule has 1 aliphatic carbocycles. The van der Waals surface area contributed by atoms with E-state index < -0.39 is 9.75 Å². The number of nitrogens with one attached hydrogen (secondary N) is 1. The molecule has 1 fully saturated rings. The number of hydrogen-bond acceptors (Lipinski definition) is 1. The number of carbonyl (C=O) groups is 1. The van der Waals surface area contributed by atoms with Gasteiger partial charge in [0.1, 0.15) is 9.75 Å². The van der Waals surface area contributed by atoms with Gasteiger partial charge in [-0.25, -0.2) is 0 Å². The van der Waals surface area contributed by atoms with Crippen LogP contribution in [-0.4, -0.2) is 16.3 Å². The normalized spacial score (nSPS) is 25.7. The van der Waals surface area contributed by atoms with Gasteiger partial charge in [-0.2, -0.15) is 0 Å². The Labute approximate surface area is 111 Å². The Bertz CT molecular complexity index is 430. The molecule has 1 aromatic rings. The highest BCUT2D eigenvalue weighted by molar-refractivity contribution is 6.54. The molecule has 1 N–H and O–H groups in total. The van der Waals surface area contributed by atoms with E-state index in [0.29, 0.717) is 6.42 Å². The summed E-state index contributed by atoms with van der Waals surface area (Å²) in [6, 6.07) is 9.56. The first-order valence-corrected chi connectivity index (χ1v) is 6.40. The van der Waals surface area contributed by atoms with Gasteiger partial charge in [0.05, 0.1) is 0 Å². The van der Waals surface area contributed by atoms with Gasteiger partial charge in [-0.1, -0.05) is 30.3 Å². The number of hydrogen-bond donors (Lipinski definition) is 1. The zero-order valence-corrected chi connectivity index (χ0v) is 11.3. The predicted molar refractivity (Wildman–Crippen MR) is 70.5 cm³/mol. The highest BCUT2D eigenvalue weighted by Crippen LogP contribution is 2.64. The fourth-order valence-corrected chi connectivity index (χ4v) is 2.88. The Hall–Kier alpha value is -0.730. The highest BCUT2D eigenvalue weighted by Gasteiger charge is 2.72. The van der Waals surface area contributed by atoms with E-state index in [2.05, 4.69) is 5.32 Å². The van der Waals surface area contributed by atoms with Crippen LogP contribution < -0.4 is 5.32 Å². The van der Waals surface area contributed by atoms with Crippen LogP contribution in [0.4, 0.5) is 0 Å². The van der Waals surface area contributed by atoms with Gasteiger partial charge >= 0.3 is 0 Å². The Morgan fingerprint density at radius 2 is 1.82 bits per heavy atom. The van der Waals surface area contributed by atoms with Gasteiger partial charge in [0.15, 0.2) is 0 Å². The lowest BCUT2D eigenvalue weighted by atomic mass is 9.94. The summed E-state index contributed by atoms with van der Waals surface area (Å²) < 4.78 is -0.993. The summed E-state index contributed by atoms with van der Waals surface area (Å²) in [6.45, 7) is 3.84. The first kappa shape index (κ1) is 12.7. The fourth-order valence-electron chi connectivity index (χ4n) is 2.09. The molecule has 0 radical (unpaired) electrons. The zero-order valence-electron chi connectivity index (χ0n) is 9.84. The summed E-state index contributed by atoms with van der Waals surface area (Å²) in [5.74, 6) is -0.0938. The maximum atomic E-state index is 12.3. The Morgan fingerprint density at radius 1 is 1.29 bits per heavy atom. The summed E-state index contributed by atoms with van der Waals surface area (Å²) in [7, 11) is 0. The van der Waals surface area contributed by atoms with E-state index in [1.165, 1.54) is 0 Å². The van der Waals surface area contributed by atoms with Gasteiger partial charge < -0.3 is 5.32 Å². The first-order chi connectivity index (χ1) is 7.90. The van der Waals surface area contributed by atoms with Crippen LogP contribution in [0.5, 0.6) is 0 Å². The molecule has 1 saturated carbocycles. The molecule has 0 saturated heterocycles.